The Hall–Kier alpha value is -5.19. The van der Waals surface area contributed by atoms with Gasteiger partial charge in [-0.15, -0.1) is 0 Å². The zero-order valence-corrected chi connectivity index (χ0v) is 23.3. The van der Waals surface area contributed by atoms with Crippen molar-refractivity contribution >= 4 is 23.4 Å². The van der Waals surface area contributed by atoms with Gasteiger partial charge in [-0.05, 0) is 62.2 Å². The Morgan fingerprint density at radius 2 is 1.90 bits per heavy atom. The monoisotopic (exact) mass is 555 g/mol. The van der Waals surface area contributed by atoms with E-state index in [1.165, 1.54) is 16.7 Å². The number of nitrogens with one attached hydrogen (secondary N) is 1. The van der Waals surface area contributed by atoms with Gasteiger partial charge in [-0.25, -0.2) is 9.79 Å². The molecule has 11 heteroatoms. The molecule has 0 aliphatic carbocycles. The molecule has 1 atom stereocenters. The molecule has 1 aliphatic heterocycles. The van der Waals surface area contributed by atoms with Gasteiger partial charge >= 0.3 is 5.97 Å². The number of benzene rings is 2. The van der Waals surface area contributed by atoms with Crippen molar-refractivity contribution in [1.82, 2.24) is 9.55 Å². The third-order valence-electron chi connectivity index (χ3n) is 6.87. The number of ether oxygens (including phenoxy) is 1. The van der Waals surface area contributed by atoms with Crippen LogP contribution in [0.2, 0.25) is 0 Å². The molecular formula is C30H29N5O6. The number of anilines is 1. The fourth-order valence-electron chi connectivity index (χ4n) is 4.88. The van der Waals surface area contributed by atoms with E-state index in [1.54, 1.807) is 45.0 Å². The van der Waals surface area contributed by atoms with Crippen molar-refractivity contribution in [1.29, 1.82) is 0 Å². The standard InChI is InChI=1S/C30H29N5O6/c1-6-40-29(37)26-18(3)31-30-32-23(28(36)34(30)27(26)19-8-10-20(11-9-19)33(4)5)16-21-12-14-25(41-21)22-13-7-17(2)15-24(22)35(38)39/h7-16,27H,6H2,1-5H3,(H,31,32). The molecule has 41 heavy (non-hydrogen) atoms. The highest BCUT2D eigenvalue weighted by atomic mass is 16.6. The number of hydrogen-bond donors (Lipinski definition) is 1. The molecular weight excluding hydrogens is 526 g/mol. The van der Waals surface area contributed by atoms with E-state index in [0.29, 0.717) is 28.3 Å². The van der Waals surface area contributed by atoms with E-state index >= 15 is 0 Å². The Kier molecular flexibility index (Phi) is 7.19. The maximum atomic E-state index is 13.8. The number of fused-ring (bicyclic) bond motifs is 1. The van der Waals surface area contributed by atoms with Crippen molar-refractivity contribution in [3.63, 3.8) is 0 Å². The number of nitrogens with zero attached hydrogens (tertiary/aromatic N) is 4. The first-order valence-corrected chi connectivity index (χ1v) is 13.0. The number of H-pyrrole nitrogens is 1. The lowest BCUT2D eigenvalue weighted by Crippen LogP contribution is -2.40. The number of esters is 1. The maximum Gasteiger partial charge on any atom is 0.338 e. The largest absolute Gasteiger partial charge is 0.463 e. The van der Waals surface area contributed by atoms with Crippen LogP contribution < -0.4 is 21.4 Å². The van der Waals surface area contributed by atoms with E-state index in [2.05, 4.69) is 9.98 Å². The lowest BCUT2D eigenvalue weighted by molar-refractivity contribution is -0.384. The van der Waals surface area contributed by atoms with Crippen LogP contribution in [0.4, 0.5) is 11.4 Å². The van der Waals surface area contributed by atoms with Crippen molar-refractivity contribution in [2.75, 3.05) is 25.6 Å². The van der Waals surface area contributed by atoms with Crippen LogP contribution in [-0.2, 0) is 9.53 Å². The summed E-state index contributed by atoms with van der Waals surface area (Å²) < 4.78 is 12.7. The van der Waals surface area contributed by atoms with Crippen LogP contribution in [0, 0.1) is 17.0 Å². The molecule has 0 bridgehead atoms. The average Bonchev–Trinajstić information content (AvgIpc) is 3.52. The lowest BCUT2D eigenvalue weighted by Gasteiger charge is -2.25. The zero-order chi connectivity index (χ0) is 29.4. The van der Waals surface area contributed by atoms with Gasteiger partial charge in [0.2, 0.25) is 5.62 Å². The van der Waals surface area contributed by atoms with Gasteiger partial charge in [-0.2, -0.15) is 0 Å². The van der Waals surface area contributed by atoms with Crippen LogP contribution >= 0.6 is 0 Å². The predicted molar refractivity (Wildman–Crippen MR) is 153 cm³/mol. The number of carbonyl (C=O) groups excluding carboxylic acids is 1. The van der Waals surface area contributed by atoms with Gasteiger partial charge in [0.15, 0.2) is 0 Å². The topological polar surface area (TPSA) is 136 Å². The molecule has 0 spiro atoms. The number of nitro benzene ring substituents is 1. The number of aromatic nitrogens is 2. The van der Waals surface area contributed by atoms with Crippen LogP contribution in [0.5, 0.6) is 0 Å². The van der Waals surface area contributed by atoms with Gasteiger partial charge in [-0.1, -0.05) is 18.2 Å². The summed E-state index contributed by atoms with van der Waals surface area (Å²) in [6.07, 6.45) is 1.51. The molecule has 1 unspecified atom stereocenters. The molecule has 11 nitrogen and oxygen atoms in total. The smallest absolute Gasteiger partial charge is 0.338 e. The van der Waals surface area contributed by atoms with Crippen molar-refractivity contribution in [2.45, 2.75) is 26.8 Å². The van der Waals surface area contributed by atoms with Crippen LogP contribution in [0.1, 0.15) is 36.8 Å². The van der Waals surface area contributed by atoms with Gasteiger partial charge < -0.3 is 19.0 Å². The minimum Gasteiger partial charge on any atom is -0.463 e. The lowest BCUT2D eigenvalue weighted by atomic mass is 9.95. The Labute approximate surface area is 234 Å². The summed E-state index contributed by atoms with van der Waals surface area (Å²) in [6, 6.07) is 14.9. The first-order chi connectivity index (χ1) is 19.6. The minimum absolute atomic E-state index is 0.0729. The number of aryl methyl sites for hydroxylation is 1. The van der Waals surface area contributed by atoms with Crippen LogP contribution in [-0.4, -0.2) is 41.1 Å². The number of furan rings is 1. The van der Waals surface area contributed by atoms with Gasteiger partial charge in [0.1, 0.15) is 16.9 Å². The average molecular weight is 556 g/mol. The fourth-order valence-corrected chi connectivity index (χ4v) is 4.88. The van der Waals surface area contributed by atoms with E-state index < -0.39 is 22.5 Å². The molecule has 210 valence electrons. The molecule has 0 saturated carbocycles. The quantitative estimate of drug-likeness (QED) is 0.209. The molecule has 0 fully saturated rings. The highest BCUT2D eigenvalue weighted by molar-refractivity contribution is 5.91. The van der Waals surface area contributed by atoms with Crippen LogP contribution in [0.25, 0.3) is 17.4 Å². The summed E-state index contributed by atoms with van der Waals surface area (Å²) in [5, 5.41) is 11.8. The van der Waals surface area contributed by atoms with E-state index in [-0.39, 0.29) is 28.8 Å². The van der Waals surface area contributed by atoms with Gasteiger partial charge in [0.25, 0.3) is 11.2 Å². The summed E-state index contributed by atoms with van der Waals surface area (Å²) in [4.78, 5) is 47.5. The van der Waals surface area contributed by atoms with Gasteiger partial charge in [0, 0.05) is 31.9 Å². The molecule has 1 N–H and O–H groups in total. The second kappa shape index (κ2) is 10.8. The van der Waals surface area contributed by atoms with E-state index in [4.69, 9.17) is 9.15 Å². The Morgan fingerprint density at radius 3 is 2.56 bits per heavy atom. The molecule has 1 aliphatic rings. The van der Waals surface area contributed by atoms with E-state index in [0.717, 1.165) is 11.3 Å². The Bertz CT molecular complexity index is 1870. The second-order valence-corrected chi connectivity index (χ2v) is 9.88. The molecule has 4 aromatic rings. The van der Waals surface area contributed by atoms with Crippen molar-refractivity contribution in [3.05, 3.63) is 114 Å². The highest BCUT2D eigenvalue weighted by Gasteiger charge is 2.33. The van der Waals surface area contributed by atoms with Gasteiger partial charge in [-0.3, -0.25) is 19.5 Å². The fraction of sp³-hybridized carbons (Fsp3) is 0.233. The Morgan fingerprint density at radius 1 is 1.17 bits per heavy atom. The van der Waals surface area contributed by atoms with Crippen molar-refractivity contribution in [3.8, 4) is 11.3 Å². The predicted octanol–water partition coefficient (Wildman–Crippen LogP) is 3.61. The third-order valence-corrected chi connectivity index (χ3v) is 6.87. The molecule has 0 radical (unpaired) electrons. The van der Waals surface area contributed by atoms with Crippen molar-refractivity contribution < 1.29 is 18.9 Å². The maximum absolute atomic E-state index is 13.8. The molecule has 0 amide bonds. The summed E-state index contributed by atoms with van der Waals surface area (Å²) in [5.74, 6) is 0.0634. The third kappa shape index (κ3) is 5.09. The SMILES string of the molecule is CCOC(=O)C1=C(C)N=c2[nH]c(=Cc3ccc(-c4ccc(C)cc4[N+](=O)[O-])o3)c(=O)n2C1c1ccc(N(C)C)cc1. The first kappa shape index (κ1) is 27.4. The molecule has 2 aromatic carbocycles. The minimum atomic E-state index is -0.772. The van der Waals surface area contributed by atoms with Crippen LogP contribution in [0.3, 0.4) is 0 Å². The molecule has 0 saturated heterocycles. The number of allylic oxidation sites excluding steroid dienone is 1. The second-order valence-electron chi connectivity index (χ2n) is 9.88. The number of aromatic amines is 1. The summed E-state index contributed by atoms with van der Waals surface area (Å²) in [5.41, 5.74) is 3.26. The number of rotatable bonds is 7. The van der Waals surface area contributed by atoms with Gasteiger partial charge in [0.05, 0.1) is 34.4 Å². The van der Waals surface area contributed by atoms with E-state index in [9.17, 15) is 19.7 Å². The van der Waals surface area contributed by atoms with E-state index in [1.807, 2.05) is 43.3 Å². The van der Waals surface area contributed by atoms with Crippen LogP contribution in [0.15, 0.2) is 80.1 Å². The first-order valence-electron chi connectivity index (χ1n) is 13.0. The number of imidazole rings is 1. The zero-order valence-electron chi connectivity index (χ0n) is 23.3. The molecule has 2 aromatic heterocycles. The number of hydrogen-bond acceptors (Lipinski definition) is 8. The Balaban J connectivity index is 1.63. The number of carbonyl (C=O) groups is 1. The number of nitro groups is 1. The molecule has 3 heterocycles. The molecule has 5 rings (SSSR count). The summed E-state index contributed by atoms with van der Waals surface area (Å²) >= 11 is 0. The normalized spacial score (nSPS) is 15.0. The summed E-state index contributed by atoms with van der Waals surface area (Å²) in [7, 11) is 3.85. The highest BCUT2D eigenvalue weighted by Crippen LogP contribution is 2.33. The van der Waals surface area contributed by atoms with Crippen molar-refractivity contribution in [2.24, 2.45) is 4.99 Å². The summed E-state index contributed by atoms with van der Waals surface area (Å²) in [6.45, 7) is 5.38.